The molecule has 106 valence electrons. The molecule has 0 aliphatic rings. The Morgan fingerprint density at radius 1 is 1.05 bits per heavy atom. The van der Waals surface area contributed by atoms with Gasteiger partial charge in [0.2, 0.25) is 5.88 Å². The van der Waals surface area contributed by atoms with Gasteiger partial charge in [-0.2, -0.15) is 0 Å². The summed E-state index contributed by atoms with van der Waals surface area (Å²) in [5.41, 5.74) is 10.1. The summed E-state index contributed by atoms with van der Waals surface area (Å²) in [7, 11) is 0. The summed E-state index contributed by atoms with van der Waals surface area (Å²) in [6, 6.07) is 13.0. The van der Waals surface area contributed by atoms with Crippen molar-refractivity contribution >= 4 is 29.1 Å². The molecule has 0 aliphatic carbocycles. The third-order valence-corrected chi connectivity index (χ3v) is 3.76. The standard InChI is InChI=1S/C16H12Cl2N2O/c1-9-5-6-12(18)8-13(9)15-14(16(19)21-20-15)10-3-2-4-11(17)7-10/h2-8H,19H2,1H3. The second-order valence-corrected chi connectivity index (χ2v) is 5.61. The topological polar surface area (TPSA) is 52.0 Å². The molecule has 0 aliphatic heterocycles. The van der Waals surface area contributed by atoms with E-state index in [0.29, 0.717) is 15.7 Å². The van der Waals surface area contributed by atoms with Gasteiger partial charge in [-0.1, -0.05) is 46.6 Å². The summed E-state index contributed by atoms with van der Waals surface area (Å²) in [4.78, 5) is 0. The first kappa shape index (κ1) is 14.0. The predicted molar refractivity (Wildman–Crippen MR) is 86.5 cm³/mol. The second kappa shape index (κ2) is 5.43. The molecule has 2 N–H and O–H groups in total. The lowest BCUT2D eigenvalue weighted by Gasteiger charge is -2.06. The number of rotatable bonds is 2. The van der Waals surface area contributed by atoms with Crippen LogP contribution in [0.3, 0.4) is 0 Å². The normalized spacial score (nSPS) is 10.8. The molecule has 1 aromatic heterocycles. The molecule has 3 aromatic rings. The van der Waals surface area contributed by atoms with Gasteiger partial charge >= 0.3 is 0 Å². The monoisotopic (exact) mass is 318 g/mol. The Balaban J connectivity index is 2.24. The third kappa shape index (κ3) is 2.62. The van der Waals surface area contributed by atoms with Crippen LogP contribution in [0.15, 0.2) is 47.0 Å². The van der Waals surface area contributed by atoms with Crippen LogP contribution in [0.2, 0.25) is 10.0 Å². The van der Waals surface area contributed by atoms with Crippen LogP contribution in [-0.4, -0.2) is 5.16 Å². The summed E-state index contributed by atoms with van der Waals surface area (Å²) >= 11 is 12.1. The first-order valence-electron chi connectivity index (χ1n) is 6.34. The third-order valence-electron chi connectivity index (χ3n) is 3.29. The van der Waals surface area contributed by atoms with Gasteiger partial charge in [-0.15, -0.1) is 0 Å². The van der Waals surface area contributed by atoms with Crippen molar-refractivity contribution < 1.29 is 4.52 Å². The van der Waals surface area contributed by atoms with Gasteiger partial charge in [0.15, 0.2) is 0 Å². The molecule has 0 saturated carbocycles. The molecule has 0 fully saturated rings. The highest BCUT2D eigenvalue weighted by atomic mass is 35.5. The van der Waals surface area contributed by atoms with E-state index >= 15 is 0 Å². The maximum Gasteiger partial charge on any atom is 0.230 e. The maximum absolute atomic E-state index is 6.09. The first-order valence-corrected chi connectivity index (χ1v) is 7.09. The fourth-order valence-corrected chi connectivity index (χ4v) is 2.62. The largest absolute Gasteiger partial charge is 0.367 e. The number of aromatic nitrogens is 1. The summed E-state index contributed by atoms with van der Waals surface area (Å²) in [5.74, 6) is 0.256. The summed E-state index contributed by atoms with van der Waals surface area (Å²) in [5, 5.41) is 5.35. The molecule has 0 saturated heterocycles. The molecule has 0 radical (unpaired) electrons. The predicted octanol–water partition coefficient (Wildman–Crippen LogP) is 5.21. The van der Waals surface area contributed by atoms with Crippen molar-refractivity contribution in [3.63, 3.8) is 0 Å². The van der Waals surface area contributed by atoms with Gasteiger partial charge in [0, 0.05) is 15.6 Å². The van der Waals surface area contributed by atoms with E-state index in [0.717, 1.165) is 22.3 Å². The lowest BCUT2D eigenvalue weighted by molar-refractivity contribution is 0.439. The zero-order valence-corrected chi connectivity index (χ0v) is 12.7. The smallest absolute Gasteiger partial charge is 0.230 e. The van der Waals surface area contributed by atoms with Gasteiger partial charge in [0.25, 0.3) is 0 Å². The van der Waals surface area contributed by atoms with Crippen molar-refractivity contribution in [3.05, 3.63) is 58.1 Å². The van der Waals surface area contributed by atoms with Crippen LogP contribution < -0.4 is 5.73 Å². The van der Waals surface area contributed by atoms with Crippen molar-refractivity contribution in [3.8, 4) is 22.4 Å². The molecular weight excluding hydrogens is 307 g/mol. The lowest BCUT2D eigenvalue weighted by Crippen LogP contribution is -1.89. The fourth-order valence-electron chi connectivity index (χ4n) is 2.26. The highest BCUT2D eigenvalue weighted by Crippen LogP contribution is 2.38. The molecule has 0 unspecified atom stereocenters. The number of nitrogen functional groups attached to an aromatic ring is 1. The van der Waals surface area contributed by atoms with Gasteiger partial charge in [-0.3, -0.25) is 0 Å². The average molecular weight is 319 g/mol. The molecule has 2 aromatic carbocycles. The molecule has 0 amide bonds. The van der Waals surface area contributed by atoms with E-state index in [-0.39, 0.29) is 5.88 Å². The maximum atomic E-state index is 6.09. The average Bonchev–Trinajstić information content (AvgIpc) is 2.83. The Labute approximate surface area is 132 Å². The van der Waals surface area contributed by atoms with Crippen LogP contribution in [0.5, 0.6) is 0 Å². The van der Waals surface area contributed by atoms with Gasteiger partial charge < -0.3 is 10.3 Å². The summed E-state index contributed by atoms with van der Waals surface area (Å²) in [6.07, 6.45) is 0. The molecule has 3 nitrogen and oxygen atoms in total. The van der Waals surface area contributed by atoms with Gasteiger partial charge in [0.1, 0.15) is 5.69 Å². The Bertz CT molecular complexity index is 812. The van der Waals surface area contributed by atoms with Crippen molar-refractivity contribution in [2.45, 2.75) is 6.92 Å². The number of anilines is 1. The molecule has 0 spiro atoms. The van der Waals surface area contributed by atoms with Crippen molar-refractivity contribution in [1.82, 2.24) is 5.16 Å². The highest BCUT2D eigenvalue weighted by Gasteiger charge is 2.19. The van der Waals surface area contributed by atoms with E-state index < -0.39 is 0 Å². The number of nitrogens with two attached hydrogens (primary N) is 1. The van der Waals surface area contributed by atoms with Crippen LogP contribution in [0.4, 0.5) is 5.88 Å². The number of hydrogen-bond donors (Lipinski definition) is 1. The summed E-state index contributed by atoms with van der Waals surface area (Å²) in [6.45, 7) is 1.98. The molecule has 1 heterocycles. The Hall–Kier alpha value is -1.97. The SMILES string of the molecule is Cc1ccc(Cl)cc1-c1noc(N)c1-c1cccc(Cl)c1. The van der Waals surface area contributed by atoms with E-state index in [4.69, 9.17) is 33.5 Å². The molecule has 21 heavy (non-hydrogen) atoms. The van der Waals surface area contributed by atoms with Gasteiger partial charge in [-0.05, 0) is 42.3 Å². The molecule has 3 rings (SSSR count). The van der Waals surface area contributed by atoms with Crippen molar-refractivity contribution in [2.24, 2.45) is 0 Å². The van der Waals surface area contributed by atoms with Crippen LogP contribution in [0, 0.1) is 6.92 Å². The Morgan fingerprint density at radius 3 is 2.57 bits per heavy atom. The minimum absolute atomic E-state index is 0.256. The van der Waals surface area contributed by atoms with Crippen molar-refractivity contribution in [1.29, 1.82) is 0 Å². The lowest BCUT2D eigenvalue weighted by atomic mass is 9.98. The Kier molecular flexibility index (Phi) is 3.62. The summed E-state index contributed by atoms with van der Waals surface area (Å²) < 4.78 is 5.18. The molecule has 0 atom stereocenters. The number of nitrogens with zero attached hydrogens (tertiary/aromatic N) is 1. The number of halogens is 2. The van der Waals surface area contributed by atoms with Gasteiger partial charge in [-0.25, -0.2) is 0 Å². The first-order chi connectivity index (χ1) is 10.1. The van der Waals surface area contributed by atoms with Crippen molar-refractivity contribution in [2.75, 3.05) is 5.73 Å². The molecule has 5 heteroatoms. The minimum Gasteiger partial charge on any atom is -0.367 e. The van der Waals surface area contributed by atoms with E-state index in [1.807, 2.05) is 43.3 Å². The fraction of sp³-hybridized carbons (Fsp3) is 0.0625. The van der Waals surface area contributed by atoms with Crippen LogP contribution >= 0.6 is 23.2 Å². The molecule has 0 bridgehead atoms. The molecular formula is C16H12Cl2N2O. The zero-order chi connectivity index (χ0) is 15.0. The van der Waals surface area contributed by atoms with Crippen LogP contribution in [0.25, 0.3) is 22.4 Å². The quantitative estimate of drug-likeness (QED) is 0.706. The number of aryl methyl sites for hydroxylation is 1. The minimum atomic E-state index is 0.256. The van der Waals surface area contributed by atoms with Crippen LogP contribution in [-0.2, 0) is 0 Å². The van der Waals surface area contributed by atoms with Crippen LogP contribution in [0.1, 0.15) is 5.56 Å². The second-order valence-electron chi connectivity index (χ2n) is 4.74. The Morgan fingerprint density at radius 2 is 1.81 bits per heavy atom. The van der Waals surface area contributed by atoms with E-state index in [1.54, 1.807) is 6.07 Å². The highest BCUT2D eigenvalue weighted by molar-refractivity contribution is 6.31. The van der Waals surface area contributed by atoms with E-state index in [2.05, 4.69) is 5.16 Å². The zero-order valence-electron chi connectivity index (χ0n) is 11.2. The number of hydrogen-bond acceptors (Lipinski definition) is 3. The number of benzene rings is 2. The van der Waals surface area contributed by atoms with E-state index in [9.17, 15) is 0 Å². The van der Waals surface area contributed by atoms with Gasteiger partial charge in [0.05, 0.1) is 5.56 Å². The van der Waals surface area contributed by atoms with E-state index in [1.165, 1.54) is 0 Å².